The van der Waals surface area contributed by atoms with Gasteiger partial charge in [0, 0.05) is 31.4 Å². The first kappa shape index (κ1) is 12.9. The number of benzene rings is 1. The van der Waals surface area contributed by atoms with E-state index < -0.39 is 6.10 Å². The second-order valence-corrected chi connectivity index (χ2v) is 5.17. The normalized spacial score (nSPS) is 22.6. The van der Waals surface area contributed by atoms with E-state index in [1.54, 1.807) is 13.1 Å². The van der Waals surface area contributed by atoms with Crippen molar-refractivity contribution in [3.05, 3.63) is 23.8 Å². The second kappa shape index (κ2) is 4.79. The first-order chi connectivity index (χ1) is 9.58. The van der Waals surface area contributed by atoms with E-state index in [-0.39, 0.29) is 11.8 Å². The van der Waals surface area contributed by atoms with Crippen LogP contribution in [0.5, 0.6) is 0 Å². The molecule has 0 bridgehead atoms. The predicted molar refractivity (Wildman–Crippen MR) is 74.7 cm³/mol. The molecule has 6 nitrogen and oxygen atoms in total. The van der Waals surface area contributed by atoms with Crippen molar-refractivity contribution < 1.29 is 14.7 Å². The Morgan fingerprint density at radius 3 is 2.95 bits per heavy atom. The number of likely N-dealkylation sites (N-methyl/N-ethyl adjacent to an activating group) is 1. The summed E-state index contributed by atoms with van der Waals surface area (Å²) in [6.45, 7) is 1.80. The molecule has 3 rings (SSSR count). The van der Waals surface area contributed by atoms with E-state index in [9.17, 15) is 14.7 Å². The van der Waals surface area contributed by atoms with Crippen LogP contribution >= 0.6 is 0 Å². The summed E-state index contributed by atoms with van der Waals surface area (Å²) in [6.07, 6.45) is -0.184. The molecule has 106 valence electrons. The zero-order chi connectivity index (χ0) is 14.3. The van der Waals surface area contributed by atoms with E-state index >= 15 is 0 Å². The van der Waals surface area contributed by atoms with Gasteiger partial charge < -0.3 is 20.2 Å². The number of nitrogens with one attached hydrogen (secondary N) is 1. The van der Waals surface area contributed by atoms with Gasteiger partial charge in [-0.05, 0) is 18.6 Å². The van der Waals surface area contributed by atoms with Crippen LogP contribution in [0.15, 0.2) is 18.2 Å². The molecular formula is C14H17N3O3. The third-order valence-electron chi connectivity index (χ3n) is 3.86. The third kappa shape index (κ3) is 2.02. The number of anilines is 2. The molecule has 0 aliphatic carbocycles. The van der Waals surface area contributed by atoms with Gasteiger partial charge in [0.25, 0.3) is 5.91 Å². The number of nitrogens with zero attached hydrogens (tertiary/aromatic N) is 2. The van der Waals surface area contributed by atoms with E-state index in [2.05, 4.69) is 5.32 Å². The van der Waals surface area contributed by atoms with Crippen LogP contribution in [0.25, 0.3) is 0 Å². The molecule has 2 amide bonds. The van der Waals surface area contributed by atoms with E-state index in [1.165, 1.54) is 4.90 Å². The van der Waals surface area contributed by atoms with Gasteiger partial charge in [-0.15, -0.1) is 0 Å². The lowest BCUT2D eigenvalue weighted by Gasteiger charge is -2.22. The van der Waals surface area contributed by atoms with Gasteiger partial charge in [-0.2, -0.15) is 0 Å². The molecule has 1 atom stereocenters. The van der Waals surface area contributed by atoms with Gasteiger partial charge >= 0.3 is 0 Å². The van der Waals surface area contributed by atoms with Crippen LogP contribution in [-0.2, 0) is 9.59 Å². The summed E-state index contributed by atoms with van der Waals surface area (Å²) in [6, 6.07) is 5.48. The minimum absolute atomic E-state index is 0.00691. The largest absolute Gasteiger partial charge is 0.378 e. The lowest BCUT2D eigenvalue weighted by atomic mass is 10.1. The minimum atomic E-state index is -1.07. The van der Waals surface area contributed by atoms with Crippen molar-refractivity contribution >= 4 is 23.2 Å². The molecule has 1 fully saturated rings. The van der Waals surface area contributed by atoms with Gasteiger partial charge in [-0.25, -0.2) is 0 Å². The summed E-state index contributed by atoms with van der Waals surface area (Å²) in [5.41, 5.74) is 2.24. The quantitative estimate of drug-likeness (QED) is 0.758. The highest BCUT2D eigenvalue weighted by Gasteiger charge is 2.34. The van der Waals surface area contributed by atoms with Gasteiger partial charge in [0.1, 0.15) is 0 Å². The number of hydrogen-bond donors (Lipinski definition) is 2. The molecule has 2 aliphatic heterocycles. The SMILES string of the molecule is CN1C(=O)C(O)c2ccc(N3CCCNC(=O)C3)cc21. The van der Waals surface area contributed by atoms with E-state index in [0.29, 0.717) is 24.3 Å². The monoisotopic (exact) mass is 275 g/mol. The zero-order valence-corrected chi connectivity index (χ0v) is 11.3. The molecular weight excluding hydrogens is 258 g/mol. The van der Waals surface area contributed by atoms with Gasteiger partial charge in [-0.1, -0.05) is 6.07 Å². The van der Waals surface area contributed by atoms with Crippen LogP contribution in [0.2, 0.25) is 0 Å². The molecule has 2 N–H and O–H groups in total. The lowest BCUT2D eigenvalue weighted by molar-refractivity contribution is -0.125. The maximum absolute atomic E-state index is 11.8. The number of rotatable bonds is 1. The smallest absolute Gasteiger partial charge is 0.260 e. The van der Waals surface area contributed by atoms with Crippen molar-refractivity contribution in [1.82, 2.24) is 5.32 Å². The Hall–Kier alpha value is -2.08. The first-order valence-corrected chi connectivity index (χ1v) is 6.69. The molecule has 20 heavy (non-hydrogen) atoms. The van der Waals surface area contributed by atoms with E-state index in [0.717, 1.165) is 18.7 Å². The summed E-state index contributed by atoms with van der Waals surface area (Å²) in [4.78, 5) is 26.8. The molecule has 0 radical (unpaired) electrons. The average molecular weight is 275 g/mol. The van der Waals surface area contributed by atoms with Crippen molar-refractivity contribution in [2.75, 3.05) is 36.5 Å². The van der Waals surface area contributed by atoms with Crippen LogP contribution < -0.4 is 15.1 Å². The standard InChI is InChI=1S/C14H17N3O3/c1-16-11-7-9(3-4-10(11)13(19)14(16)20)17-6-2-5-15-12(18)8-17/h3-4,7,13,19H,2,5-6,8H2,1H3,(H,15,18). The fourth-order valence-corrected chi connectivity index (χ4v) is 2.71. The average Bonchev–Trinajstić information content (AvgIpc) is 2.64. The Morgan fingerprint density at radius 2 is 2.15 bits per heavy atom. The fourth-order valence-electron chi connectivity index (χ4n) is 2.71. The summed E-state index contributed by atoms with van der Waals surface area (Å²) < 4.78 is 0. The Balaban J connectivity index is 1.93. The Labute approximate surface area is 117 Å². The third-order valence-corrected chi connectivity index (χ3v) is 3.86. The van der Waals surface area contributed by atoms with Crippen molar-refractivity contribution in [3.8, 4) is 0 Å². The van der Waals surface area contributed by atoms with Crippen LogP contribution in [0.4, 0.5) is 11.4 Å². The molecule has 1 aromatic rings. The number of hydrogen-bond acceptors (Lipinski definition) is 4. The zero-order valence-electron chi connectivity index (χ0n) is 11.3. The highest BCUT2D eigenvalue weighted by molar-refractivity contribution is 6.04. The Morgan fingerprint density at radius 1 is 1.35 bits per heavy atom. The summed E-state index contributed by atoms with van der Waals surface area (Å²) in [5, 5.41) is 12.7. The molecule has 0 aromatic heterocycles. The van der Waals surface area contributed by atoms with Gasteiger partial charge in [-0.3, -0.25) is 9.59 Å². The van der Waals surface area contributed by atoms with Crippen molar-refractivity contribution in [2.24, 2.45) is 0 Å². The predicted octanol–water partition coefficient (Wildman–Crippen LogP) is 0.0227. The summed E-state index contributed by atoms with van der Waals surface area (Å²) >= 11 is 0. The van der Waals surface area contributed by atoms with Crippen molar-refractivity contribution in [2.45, 2.75) is 12.5 Å². The maximum atomic E-state index is 11.8. The number of fused-ring (bicyclic) bond motifs is 1. The van der Waals surface area contributed by atoms with E-state index in [1.807, 2.05) is 17.0 Å². The number of aliphatic hydroxyl groups excluding tert-OH is 1. The van der Waals surface area contributed by atoms with E-state index in [4.69, 9.17) is 0 Å². The molecule has 6 heteroatoms. The fraction of sp³-hybridized carbons (Fsp3) is 0.429. The number of carbonyl (C=O) groups is 2. The molecule has 1 aromatic carbocycles. The topological polar surface area (TPSA) is 72.9 Å². The Bertz CT molecular complexity index is 573. The molecule has 0 saturated carbocycles. The molecule has 2 aliphatic rings. The van der Waals surface area contributed by atoms with Crippen LogP contribution in [-0.4, -0.2) is 43.6 Å². The minimum Gasteiger partial charge on any atom is -0.378 e. The molecule has 1 saturated heterocycles. The van der Waals surface area contributed by atoms with Crippen molar-refractivity contribution in [1.29, 1.82) is 0 Å². The summed E-state index contributed by atoms with van der Waals surface area (Å²) in [7, 11) is 1.65. The van der Waals surface area contributed by atoms with Crippen LogP contribution in [0.1, 0.15) is 18.1 Å². The van der Waals surface area contributed by atoms with Crippen molar-refractivity contribution in [3.63, 3.8) is 0 Å². The van der Waals surface area contributed by atoms with Gasteiger partial charge in [0.2, 0.25) is 5.91 Å². The number of aliphatic hydroxyl groups is 1. The number of amides is 2. The summed E-state index contributed by atoms with van der Waals surface area (Å²) in [5.74, 6) is -0.307. The maximum Gasteiger partial charge on any atom is 0.260 e. The number of carbonyl (C=O) groups excluding carboxylic acids is 2. The first-order valence-electron chi connectivity index (χ1n) is 6.69. The highest BCUT2D eigenvalue weighted by Crippen LogP contribution is 2.37. The van der Waals surface area contributed by atoms with Crippen LogP contribution in [0, 0.1) is 0 Å². The molecule has 2 heterocycles. The molecule has 0 spiro atoms. The second-order valence-electron chi connectivity index (χ2n) is 5.17. The molecule has 1 unspecified atom stereocenters. The van der Waals surface area contributed by atoms with Gasteiger partial charge in [0.15, 0.2) is 6.10 Å². The van der Waals surface area contributed by atoms with Crippen LogP contribution in [0.3, 0.4) is 0 Å². The van der Waals surface area contributed by atoms with Gasteiger partial charge in [0.05, 0.1) is 12.2 Å². The Kier molecular flexibility index (Phi) is 3.10. The lowest BCUT2D eigenvalue weighted by Crippen LogP contribution is -2.33. The highest BCUT2D eigenvalue weighted by atomic mass is 16.3.